The summed E-state index contributed by atoms with van der Waals surface area (Å²) < 4.78 is 0.983. The Morgan fingerprint density at radius 2 is 1.95 bits per heavy atom. The largest absolute Gasteiger partial charge is 0.323 e. The number of halogens is 1. The molecule has 1 heterocycles. The van der Waals surface area contributed by atoms with Crippen LogP contribution in [-0.2, 0) is 0 Å². The highest BCUT2D eigenvalue weighted by atomic mass is 79.9. The normalized spacial score (nSPS) is 10.2. The maximum atomic E-state index is 12.3. The molecule has 0 unspecified atom stereocenters. The zero-order valence-electron chi connectivity index (χ0n) is 11.2. The number of hydrogen-bond acceptors (Lipinski definition) is 4. The lowest BCUT2D eigenvalue weighted by Gasteiger charge is -2.13. The van der Waals surface area contributed by atoms with E-state index in [1.54, 1.807) is 12.3 Å². The summed E-state index contributed by atoms with van der Waals surface area (Å²) in [6.07, 6.45) is 3.05. The van der Waals surface area contributed by atoms with Crippen LogP contribution in [0.1, 0.15) is 21.5 Å². The summed E-state index contributed by atoms with van der Waals surface area (Å²) in [4.78, 5) is 16.3. The Morgan fingerprint density at radius 1 is 1.30 bits per heavy atom. The number of anilines is 2. The van der Waals surface area contributed by atoms with Crippen LogP contribution in [0, 0.1) is 13.8 Å². The summed E-state index contributed by atoms with van der Waals surface area (Å²) in [6.45, 7) is 3.89. The molecule has 104 valence electrons. The molecule has 0 atom stereocenters. The third-order valence-electron chi connectivity index (χ3n) is 2.96. The smallest absolute Gasteiger partial charge is 0.259 e. The molecule has 1 aromatic carbocycles. The van der Waals surface area contributed by atoms with Crippen LogP contribution in [0.25, 0.3) is 0 Å². The lowest BCUT2D eigenvalue weighted by atomic mass is 10.1. The highest BCUT2D eigenvalue weighted by Gasteiger charge is 2.13. The van der Waals surface area contributed by atoms with E-state index < -0.39 is 0 Å². The molecule has 2 aromatic rings. The predicted molar refractivity (Wildman–Crippen MR) is 83.6 cm³/mol. The molecule has 1 amide bonds. The third-order valence-corrected chi connectivity index (χ3v) is 3.42. The van der Waals surface area contributed by atoms with Crippen molar-refractivity contribution in [2.45, 2.75) is 13.8 Å². The van der Waals surface area contributed by atoms with E-state index in [1.807, 2.05) is 26.0 Å². The molecule has 0 aliphatic carbocycles. The number of hydrazine groups is 1. The molecule has 6 heteroatoms. The molecular weight excluding hydrogens is 320 g/mol. The van der Waals surface area contributed by atoms with Gasteiger partial charge in [-0.2, -0.15) is 0 Å². The number of aryl methyl sites for hydroxylation is 2. The predicted octanol–water partition coefficient (Wildman–Crippen LogP) is 3.00. The summed E-state index contributed by atoms with van der Waals surface area (Å²) >= 11 is 3.43. The maximum Gasteiger partial charge on any atom is 0.259 e. The van der Waals surface area contributed by atoms with Crippen molar-refractivity contribution in [3.8, 4) is 0 Å². The maximum absolute atomic E-state index is 12.3. The molecule has 0 radical (unpaired) electrons. The minimum atomic E-state index is -0.250. The zero-order valence-corrected chi connectivity index (χ0v) is 12.8. The fourth-order valence-corrected chi connectivity index (χ4v) is 2.68. The van der Waals surface area contributed by atoms with Crippen molar-refractivity contribution < 1.29 is 4.79 Å². The number of nitrogens with two attached hydrogens (primary N) is 1. The molecule has 5 nitrogen and oxygen atoms in total. The number of nitrogens with one attached hydrogen (secondary N) is 2. The van der Waals surface area contributed by atoms with Gasteiger partial charge >= 0.3 is 0 Å². The third kappa shape index (κ3) is 2.97. The first-order valence-electron chi connectivity index (χ1n) is 6.01. The molecule has 0 aliphatic rings. The van der Waals surface area contributed by atoms with Crippen molar-refractivity contribution in [1.82, 2.24) is 4.98 Å². The lowest BCUT2D eigenvalue weighted by molar-refractivity contribution is 0.102. The molecule has 2 rings (SSSR count). The number of hydrogen-bond donors (Lipinski definition) is 3. The van der Waals surface area contributed by atoms with Gasteiger partial charge in [-0.05, 0) is 43.2 Å². The first-order valence-corrected chi connectivity index (χ1v) is 6.81. The second kappa shape index (κ2) is 6.02. The molecule has 0 fully saturated rings. The molecular formula is C14H15BrN4O. The minimum absolute atomic E-state index is 0.250. The summed E-state index contributed by atoms with van der Waals surface area (Å²) in [6, 6.07) is 5.55. The van der Waals surface area contributed by atoms with E-state index >= 15 is 0 Å². The fourth-order valence-electron chi connectivity index (χ4n) is 1.99. The van der Waals surface area contributed by atoms with Gasteiger partial charge in [0.1, 0.15) is 0 Å². The van der Waals surface area contributed by atoms with Gasteiger partial charge in [0, 0.05) is 22.6 Å². The number of nitrogens with zero attached hydrogens (tertiary/aromatic N) is 1. The second-order valence-corrected chi connectivity index (χ2v) is 5.35. The van der Waals surface area contributed by atoms with E-state index in [4.69, 9.17) is 5.84 Å². The van der Waals surface area contributed by atoms with Crippen LogP contribution in [0.15, 0.2) is 35.1 Å². The van der Waals surface area contributed by atoms with Crippen molar-refractivity contribution >= 4 is 33.2 Å². The van der Waals surface area contributed by atoms with Gasteiger partial charge in [0.05, 0.1) is 11.3 Å². The van der Waals surface area contributed by atoms with E-state index in [-0.39, 0.29) is 5.91 Å². The Hall–Kier alpha value is -1.92. The van der Waals surface area contributed by atoms with Gasteiger partial charge in [-0.3, -0.25) is 15.6 Å². The average molecular weight is 335 g/mol. The number of benzene rings is 1. The van der Waals surface area contributed by atoms with Crippen LogP contribution in [0.3, 0.4) is 0 Å². The van der Waals surface area contributed by atoms with Gasteiger partial charge in [0.2, 0.25) is 0 Å². The molecule has 20 heavy (non-hydrogen) atoms. The molecule has 0 bridgehead atoms. The van der Waals surface area contributed by atoms with Crippen LogP contribution < -0.4 is 16.6 Å². The van der Waals surface area contributed by atoms with Crippen molar-refractivity contribution in [3.63, 3.8) is 0 Å². The van der Waals surface area contributed by atoms with Gasteiger partial charge < -0.3 is 10.7 Å². The second-order valence-electron chi connectivity index (χ2n) is 4.43. The van der Waals surface area contributed by atoms with Crippen molar-refractivity contribution in [3.05, 3.63) is 51.8 Å². The Labute approximate surface area is 125 Å². The van der Waals surface area contributed by atoms with Crippen LogP contribution in [0.4, 0.5) is 11.4 Å². The summed E-state index contributed by atoms with van der Waals surface area (Å²) in [5.41, 5.74) is 6.19. The first-order chi connectivity index (χ1) is 9.52. The number of carbonyl (C=O) groups is 1. The lowest BCUT2D eigenvalue weighted by Crippen LogP contribution is -2.18. The average Bonchev–Trinajstić information content (AvgIpc) is 2.42. The highest BCUT2D eigenvalue weighted by Crippen LogP contribution is 2.26. The quantitative estimate of drug-likeness (QED) is 0.595. The van der Waals surface area contributed by atoms with E-state index in [1.165, 1.54) is 6.20 Å². The Kier molecular flexibility index (Phi) is 4.36. The Balaban J connectivity index is 2.33. The molecule has 0 aliphatic heterocycles. The van der Waals surface area contributed by atoms with Gasteiger partial charge in [0.15, 0.2) is 0 Å². The molecule has 4 N–H and O–H groups in total. The van der Waals surface area contributed by atoms with Crippen molar-refractivity contribution in [2.75, 3.05) is 10.7 Å². The van der Waals surface area contributed by atoms with Crippen LogP contribution in [0.2, 0.25) is 0 Å². The Bertz CT molecular complexity index is 634. The number of nitrogen functional groups attached to an aromatic ring is 1. The molecule has 0 saturated heterocycles. The number of pyridine rings is 1. The number of carbonyl (C=O) groups excluding carboxylic acids is 1. The van der Waals surface area contributed by atoms with E-state index in [9.17, 15) is 4.79 Å². The molecule has 1 aromatic heterocycles. The first kappa shape index (κ1) is 14.5. The number of aromatic nitrogens is 1. The fraction of sp³-hybridized carbons (Fsp3) is 0.143. The molecule has 0 spiro atoms. The summed E-state index contributed by atoms with van der Waals surface area (Å²) in [5.74, 6) is 5.15. The SMILES string of the molecule is Cc1cc(Br)cc(C)c1NC(=O)c1cnccc1NN. The van der Waals surface area contributed by atoms with Crippen molar-refractivity contribution in [1.29, 1.82) is 0 Å². The van der Waals surface area contributed by atoms with Gasteiger partial charge in [0.25, 0.3) is 5.91 Å². The van der Waals surface area contributed by atoms with Gasteiger partial charge in [-0.25, -0.2) is 0 Å². The van der Waals surface area contributed by atoms with E-state index in [0.29, 0.717) is 11.3 Å². The highest BCUT2D eigenvalue weighted by molar-refractivity contribution is 9.10. The molecule has 0 saturated carbocycles. The monoisotopic (exact) mass is 334 g/mol. The van der Waals surface area contributed by atoms with Gasteiger partial charge in [-0.1, -0.05) is 15.9 Å². The van der Waals surface area contributed by atoms with Crippen LogP contribution in [0.5, 0.6) is 0 Å². The standard InChI is InChI=1S/C14H15BrN4O/c1-8-5-10(15)6-9(2)13(8)18-14(20)11-7-17-4-3-12(11)19-16/h3-7H,16H2,1-2H3,(H,17,19)(H,18,20). The zero-order chi connectivity index (χ0) is 14.7. The number of rotatable bonds is 3. The van der Waals surface area contributed by atoms with Crippen molar-refractivity contribution in [2.24, 2.45) is 5.84 Å². The Morgan fingerprint density at radius 3 is 2.55 bits per heavy atom. The summed E-state index contributed by atoms with van der Waals surface area (Å²) in [7, 11) is 0. The summed E-state index contributed by atoms with van der Waals surface area (Å²) in [5, 5.41) is 2.90. The van der Waals surface area contributed by atoms with Crippen LogP contribution in [-0.4, -0.2) is 10.9 Å². The van der Waals surface area contributed by atoms with E-state index in [0.717, 1.165) is 21.3 Å². The van der Waals surface area contributed by atoms with Crippen LogP contribution >= 0.6 is 15.9 Å². The topological polar surface area (TPSA) is 80.0 Å². The minimum Gasteiger partial charge on any atom is -0.323 e. The number of amides is 1. The van der Waals surface area contributed by atoms with E-state index in [2.05, 4.69) is 31.7 Å². The van der Waals surface area contributed by atoms with Gasteiger partial charge in [-0.15, -0.1) is 0 Å².